The van der Waals surface area contributed by atoms with E-state index >= 15 is 0 Å². The number of hydrogen-bond donors (Lipinski definition) is 3. The summed E-state index contributed by atoms with van der Waals surface area (Å²) >= 11 is 24.8. The van der Waals surface area contributed by atoms with Crippen LogP contribution in [0.4, 0.5) is 0 Å². The van der Waals surface area contributed by atoms with Crippen molar-refractivity contribution in [2.24, 2.45) is 0 Å². The Bertz CT molecular complexity index is 1170. The molecule has 0 fully saturated rings. The Morgan fingerprint density at radius 3 is 1.55 bits per heavy atom. The molecule has 152 valence electrons. The summed E-state index contributed by atoms with van der Waals surface area (Å²) < 4.78 is 34.0. The zero-order valence-corrected chi connectivity index (χ0v) is 18.1. The van der Waals surface area contributed by atoms with E-state index < -0.39 is 31.9 Å². The lowest BCUT2D eigenvalue weighted by Gasteiger charge is -2.35. The highest BCUT2D eigenvalue weighted by Gasteiger charge is 2.54. The van der Waals surface area contributed by atoms with Crippen LogP contribution in [0.3, 0.4) is 0 Å². The summed E-state index contributed by atoms with van der Waals surface area (Å²) in [7, 11) is -5.17. The van der Waals surface area contributed by atoms with Crippen molar-refractivity contribution in [3.8, 4) is 11.5 Å². The molecule has 0 amide bonds. The first kappa shape index (κ1) is 22.0. The molecular formula is C19H12Cl4O5S. The molecule has 3 aromatic carbocycles. The van der Waals surface area contributed by atoms with E-state index in [0.29, 0.717) is 0 Å². The second kappa shape index (κ2) is 7.87. The highest BCUT2D eigenvalue weighted by molar-refractivity contribution is 7.87. The van der Waals surface area contributed by atoms with Crippen molar-refractivity contribution < 1.29 is 23.2 Å². The normalized spacial score (nSPS) is 12.2. The van der Waals surface area contributed by atoms with Gasteiger partial charge in [-0.05, 0) is 18.2 Å². The van der Waals surface area contributed by atoms with Gasteiger partial charge in [-0.15, -0.1) is 0 Å². The fourth-order valence-electron chi connectivity index (χ4n) is 3.25. The third-order valence-electron chi connectivity index (χ3n) is 4.42. The van der Waals surface area contributed by atoms with Crippen LogP contribution in [0.1, 0.15) is 16.7 Å². The third-order valence-corrected chi connectivity index (χ3v) is 7.09. The topological polar surface area (TPSA) is 94.8 Å². The monoisotopic (exact) mass is 492 g/mol. The second-order valence-corrected chi connectivity index (χ2v) is 9.22. The lowest BCUT2D eigenvalue weighted by atomic mass is 9.83. The average Bonchev–Trinajstić information content (AvgIpc) is 2.64. The van der Waals surface area contributed by atoms with Crippen LogP contribution in [0.2, 0.25) is 20.1 Å². The number of phenols is 2. The molecule has 0 spiro atoms. The first-order valence-electron chi connectivity index (χ1n) is 7.91. The van der Waals surface area contributed by atoms with Crippen molar-refractivity contribution in [3.63, 3.8) is 0 Å². The van der Waals surface area contributed by atoms with Crippen LogP contribution in [-0.4, -0.2) is 23.2 Å². The highest BCUT2D eigenvalue weighted by Crippen LogP contribution is 2.55. The molecule has 0 saturated carbocycles. The van der Waals surface area contributed by atoms with Gasteiger partial charge in [-0.3, -0.25) is 4.55 Å². The Balaban J connectivity index is 2.69. The number of hydrogen-bond acceptors (Lipinski definition) is 4. The molecule has 29 heavy (non-hydrogen) atoms. The molecule has 5 nitrogen and oxygen atoms in total. The van der Waals surface area contributed by atoms with E-state index in [1.54, 1.807) is 12.1 Å². The Labute approximate surface area is 186 Å². The minimum Gasteiger partial charge on any atom is -0.504 e. The molecule has 3 N–H and O–H groups in total. The van der Waals surface area contributed by atoms with Crippen LogP contribution in [0, 0.1) is 0 Å². The van der Waals surface area contributed by atoms with E-state index in [9.17, 15) is 23.2 Å². The second-order valence-electron chi connectivity index (χ2n) is 6.03. The maximum absolute atomic E-state index is 13.0. The third kappa shape index (κ3) is 3.44. The molecule has 0 aliphatic heterocycles. The predicted octanol–water partition coefficient (Wildman–Crippen LogP) is 5.89. The Kier molecular flexibility index (Phi) is 5.98. The van der Waals surface area contributed by atoms with Crippen LogP contribution < -0.4 is 0 Å². The molecule has 0 aliphatic rings. The van der Waals surface area contributed by atoms with Crippen molar-refractivity contribution in [1.29, 1.82) is 0 Å². The van der Waals surface area contributed by atoms with E-state index in [2.05, 4.69) is 0 Å². The molecular weight excluding hydrogens is 482 g/mol. The fraction of sp³-hybridized carbons (Fsp3) is 0.0526. The van der Waals surface area contributed by atoms with Gasteiger partial charge in [0.2, 0.25) is 0 Å². The predicted molar refractivity (Wildman–Crippen MR) is 114 cm³/mol. The SMILES string of the molecule is O=S(=O)(O)C(c1ccccc1Cl)(c1ccccc1Cl)c1c(Cl)cc(Cl)c(O)c1O. The van der Waals surface area contributed by atoms with E-state index in [4.69, 9.17) is 46.4 Å². The Hall–Kier alpha value is -1.67. The molecule has 0 heterocycles. The smallest absolute Gasteiger partial charge is 0.283 e. The molecule has 0 saturated heterocycles. The summed E-state index contributed by atoms with van der Waals surface area (Å²) in [5.74, 6) is -1.77. The zero-order chi connectivity index (χ0) is 21.6. The summed E-state index contributed by atoms with van der Waals surface area (Å²) in [5, 5.41) is 20.1. The number of rotatable bonds is 4. The molecule has 0 aliphatic carbocycles. The van der Waals surface area contributed by atoms with E-state index in [-0.39, 0.29) is 31.2 Å². The van der Waals surface area contributed by atoms with E-state index in [1.807, 2.05) is 0 Å². The van der Waals surface area contributed by atoms with Crippen molar-refractivity contribution in [1.82, 2.24) is 0 Å². The summed E-state index contributed by atoms with van der Waals surface area (Å²) in [5.41, 5.74) is -0.836. The van der Waals surface area contributed by atoms with Gasteiger partial charge in [0.15, 0.2) is 16.2 Å². The van der Waals surface area contributed by atoms with Crippen molar-refractivity contribution in [2.75, 3.05) is 0 Å². The van der Waals surface area contributed by atoms with Gasteiger partial charge in [0.1, 0.15) is 0 Å². The highest BCUT2D eigenvalue weighted by atomic mass is 35.5. The maximum atomic E-state index is 13.0. The van der Waals surface area contributed by atoms with Gasteiger partial charge in [-0.2, -0.15) is 8.42 Å². The van der Waals surface area contributed by atoms with Crippen molar-refractivity contribution >= 4 is 56.5 Å². The number of benzene rings is 3. The molecule has 0 aromatic heterocycles. The van der Waals surface area contributed by atoms with Crippen molar-refractivity contribution in [2.45, 2.75) is 4.75 Å². The van der Waals surface area contributed by atoms with Gasteiger partial charge in [-0.25, -0.2) is 0 Å². The van der Waals surface area contributed by atoms with Crippen LogP contribution >= 0.6 is 46.4 Å². The summed E-state index contributed by atoms with van der Waals surface area (Å²) in [6, 6.07) is 12.6. The Morgan fingerprint density at radius 2 is 1.14 bits per heavy atom. The molecule has 3 rings (SSSR count). The van der Waals surface area contributed by atoms with Crippen LogP contribution in [0.5, 0.6) is 11.5 Å². The molecule has 10 heteroatoms. The molecule has 0 radical (unpaired) electrons. The van der Waals surface area contributed by atoms with Gasteiger partial charge >= 0.3 is 0 Å². The fourth-order valence-corrected chi connectivity index (χ4v) is 5.94. The number of aromatic hydroxyl groups is 2. The van der Waals surface area contributed by atoms with Gasteiger partial charge in [0, 0.05) is 26.7 Å². The van der Waals surface area contributed by atoms with E-state index in [0.717, 1.165) is 6.07 Å². The summed E-state index contributed by atoms with van der Waals surface area (Å²) in [4.78, 5) is 0. The first-order chi connectivity index (χ1) is 13.5. The molecule has 0 unspecified atom stereocenters. The number of phenolic OH excluding ortho intramolecular Hbond substituents is 2. The quantitative estimate of drug-likeness (QED) is 0.239. The summed E-state index contributed by atoms with van der Waals surface area (Å²) in [6.07, 6.45) is 0. The van der Waals surface area contributed by atoms with Crippen LogP contribution in [0.25, 0.3) is 0 Å². The zero-order valence-electron chi connectivity index (χ0n) is 14.3. The van der Waals surface area contributed by atoms with E-state index in [1.165, 1.54) is 36.4 Å². The Morgan fingerprint density at radius 1 is 0.690 bits per heavy atom. The summed E-state index contributed by atoms with van der Waals surface area (Å²) in [6.45, 7) is 0. The average molecular weight is 494 g/mol. The van der Waals surface area contributed by atoms with Gasteiger partial charge in [0.05, 0.1) is 10.0 Å². The van der Waals surface area contributed by atoms with Gasteiger partial charge < -0.3 is 10.2 Å². The van der Waals surface area contributed by atoms with Crippen LogP contribution in [-0.2, 0) is 14.9 Å². The number of halogens is 4. The first-order valence-corrected chi connectivity index (χ1v) is 10.9. The molecule has 3 aromatic rings. The van der Waals surface area contributed by atoms with Gasteiger partial charge in [-0.1, -0.05) is 82.8 Å². The lowest BCUT2D eigenvalue weighted by molar-refractivity contribution is 0.394. The van der Waals surface area contributed by atoms with Crippen molar-refractivity contribution in [3.05, 3.63) is 91.4 Å². The van der Waals surface area contributed by atoms with Crippen LogP contribution in [0.15, 0.2) is 54.6 Å². The van der Waals surface area contributed by atoms with Gasteiger partial charge in [0.25, 0.3) is 10.1 Å². The minimum atomic E-state index is -5.17. The molecule has 0 bridgehead atoms. The standard InChI is InChI=1S/C19H12Cl4O5S/c20-12-7-3-1-5-10(12)19(29(26,27)28,11-6-2-4-8-13(11)21)16-14(22)9-15(23)17(24)18(16)25/h1-9,24-25H,(H,26,27,28). The maximum Gasteiger partial charge on any atom is 0.283 e. The lowest BCUT2D eigenvalue weighted by Crippen LogP contribution is -2.39. The minimum absolute atomic E-state index is 0.0602. The largest absolute Gasteiger partial charge is 0.504 e. The molecule has 0 atom stereocenters.